The Morgan fingerprint density at radius 2 is 1.60 bits per heavy atom. The monoisotopic (exact) mass is 279 g/mol. The molecule has 3 aromatic carbocycles. The van der Waals surface area contributed by atoms with Gasteiger partial charge >= 0.3 is 0 Å². The first kappa shape index (κ1) is 13.1. The van der Waals surface area contributed by atoms with Gasteiger partial charge in [-0.1, -0.05) is 54.6 Å². The molecule has 0 aliphatic heterocycles. The van der Waals surface area contributed by atoms with E-state index in [-0.39, 0.29) is 0 Å². The summed E-state index contributed by atoms with van der Waals surface area (Å²) in [5.74, 6) is 0. The molecule has 0 aliphatic rings. The molecule has 0 fully saturated rings. The van der Waals surface area contributed by atoms with Crippen molar-refractivity contribution in [1.82, 2.24) is 0 Å². The van der Waals surface area contributed by atoms with Gasteiger partial charge in [-0.25, -0.2) is 0 Å². The van der Waals surface area contributed by atoms with Crippen molar-refractivity contribution in [2.45, 2.75) is 11.4 Å². The van der Waals surface area contributed by atoms with Gasteiger partial charge in [-0.15, -0.1) is 11.8 Å². The molecule has 0 aromatic heterocycles. The van der Waals surface area contributed by atoms with E-state index in [0.29, 0.717) is 0 Å². The molecule has 0 bridgehead atoms. The number of thioether (sulfide) groups is 1. The molecule has 2 heteroatoms. The van der Waals surface area contributed by atoms with Crippen molar-refractivity contribution in [2.24, 2.45) is 0 Å². The van der Waals surface area contributed by atoms with Crippen LogP contribution in [0.2, 0.25) is 0 Å². The van der Waals surface area contributed by atoms with Gasteiger partial charge in [0.25, 0.3) is 0 Å². The summed E-state index contributed by atoms with van der Waals surface area (Å²) >= 11 is 1.77. The molecule has 0 saturated carbocycles. The first-order chi connectivity index (χ1) is 9.88. The maximum atomic E-state index is 3.55. The number of para-hydroxylation sites is 1. The Morgan fingerprint density at radius 1 is 0.850 bits per heavy atom. The molecule has 3 rings (SSSR count). The van der Waals surface area contributed by atoms with E-state index in [4.69, 9.17) is 0 Å². The lowest BCUT2D eigenvalue weighted by atomic mass is 10.0. The average Bonchev–Trinajstić information content (AvgIpc) is 2.53. The first-order valence-electron chi connectivity index (χ1n) is 6.72. The summed E-state index contributed by atoms with van der Waals surface area (Å²) in [7, 11) is 0. The van der Waals surface area contributed by atoms with Crippen LogP contribution < -0.4 is 5.32 Å². The summed E-state index contributed by atoms with van der Waals surface area (Å²) < 4.78 is 0. The molecule has 0 atom stereocenters. The molecule has 1 nitrogen and oxygen atoms in total. The number of benzene rings is 3. The number of fused-ring (bicyclic) bond motifs is 1. The van der Waals surface area contributed by atoms with E-state index in [0.717, 1.165) is 6.54 Å². The number of nitrogens with one attached hydrogen (secondary N) is 1. The zero-order valence-corrected chi connectivity index (χ0v) is 12.3. The van der Waals surface area contributed by atoms with Crippen molar-refractivity contribution in [3.8, 4) is 0 Å². The van der Waals surface area contributed by atoms with Crippen molar-refractivity contribution in [2.75, 3.05) is 11.6 Å². The number of hydrogen-bond acceptors (Lipinski definition) is 2. The Hall–Kier alpha value is -1.93. The molecular weight excluding hydrogens is 262 g/mol. The van der Waals surface area contributed by atoms with Gasteiger partial charge in [-0.05, 0) is 34.7 Å². The highest BCUT2D eigenvalue weighted by atomic mass is 32.2. The zero-order chi connectivity index (χ0) is 13.8. The van der Waals surface area contributed by atoms with E-state index in [1.54, 1.807) is 11.8 Å². The highest BCUT2D eigenvalue weighted by molar-refractivity contribution is 7.98. The SMILES string of the molecule is CSc1ccccc1NCc1cccc2ccccc12. The zero-order valence-electron chi connectivity index (χ0n) is 11.5. The van der Waals surface area contributed by atoms with Crippen molar-refractivity contribution < 1.29 is 0 Å². The van der Waals surface area contributed by atoms with Crippen LogP contribution in [-0.2, 0) is 6.54 Å². The molecule has 1 N–H and O–H groups in total. The second kappa shape index (κ2) is 6.02. The van der Waals surface area contributed by atoms with Crippen LogP contribution in [0.25, 0.3) is 10.8 Å². The summed E-state index contributed by atoms with van der Waals surface area (Å²) in [4.78, 5) is 1.28. The third kappa shape index (κ3) is 2.66. The summed E-state index contributed by atoms with van der Waals surface area (Å²) in [5, 5.41) is 6.17. The number of rotatable bonds is 4. The number of hydrogen-bond donors (Lipinski definition) is 1. The maximum Gasteiger partial charge on any atom is 0.0480 e. The Labute approximate surface area is 124 Å². The first-order valence-corrected chi connectivity index (χ1v) is 7.94. The molecule has 0 amide bonds. The minimum absolute atomic E-state index is 0.846. The van der Waals surface area contributed by atoms with Gasteiger partial charge in [0.05, 0.1) is 0 Å². The van der Waals surface area contributed by atoms with Crippen LogP contribution in [0.4, 0.5) is 5.69 Å². The van der Waals surface area contributed by atoms with Crippen LogP contribution in [0.3, 0.4) is 0 Å². The standard InChI is InChI=1S/C18H17NS/c1-20-18-12-5-4-11-17(18)19-13-15-9-6-8-14-7-2-3-10-16(14)15/h2-12,19H,13H2,1H3. The molecular formula is C18H17NS. The van der Waals surface area contributed by atoms with Crippen LogP contribution in [0.1, 0.15) is 5.56 Å². The van der Waals surface area contributed by atoms with Gasteiger partial charge in [0.1, 0.15) is 0 Å². The third-order valence-electron chi connectivity index (χ3n) is 3.46. The minimum Gasteiger partial charge on any atom is -0.380 e. The fourth-order valence-corrected chi connectivity index (χ4v) is 3.00. The summed E-state index contributed by atoms with van der Waals surface area (Å²) in [5.41, 5.74) is 2.53. The highest BCUT2D eigenvalue weighted by Crippen LogP contribution is 2.26. The molecule has 0 aliphatic carbocycles. The average molecular weight is 279 g/mol. The molecule has 20 heavy (non-hydrogen) atoms. The van der Waals surface area contributed by atoms with Crippen LogP contribution in [0.5, 0.6) is 0 Å². The third-order valence-corrected chi connectivity index (χ3v) is 4.25. The van der Waals surface area contributed by atoms with E-state index >= 15 is 0 Å². The lowest BCUT2D eigenvalue weighted by Gasteiger charge is -2.12. The highest BCUT2D eigenvalue weighted by Gasteiger charge is 2.02. The molecule has 0 spiro atoms. The van der Waals surface area contributed by atoms with Crippen molar-refractivity contribution >= 4 is 28.2 Å². The summed E-state index contributed by atoms with van der Waals surface area (Å²) in [6, 6.07) is 23.4. The van der Waals surface area contributed by atoms with Crippen molar-refractivity contribution in [3.63, 3.8) is 0 Å². The van der Waals surface area contributed by atoms with Crippen molar-refractivity contribution in [1.29, 1.82) is 0 Å². The van der Waals surface area contributed by atoms with Crippen LogP contribution >= 0.6 is 11.8 Å². The van der Waals surface area contributed by atoms with E-state index in [2.05, 4.69) is 78.3 Å². The largest absolute Gasteiger partial charge is 0.380 e. The van der Waals surface area contributed by atoms with E-state index in [1.807, 2.05) is 0 Å². The molecule has 0 saturated heterocycles. The molecule has 0 unspecified atom stereocenters. The summed E-state index contributed by atoms with van der Waals surface area (Å²) in [6.45, 7) is 0.846. The van der Waals surface area contributed by atoms with Gasteiger partial charge in [0.15, 0.2) is 0 Å². The minimum atomic E-state index is 0.846. The quantitative estimate of drug-likeness (QED) is 0.661. The van der Waals surface area contributed by atoms with E-state index in [1.165, 1.54) is 26.9 Å². The topological polar surface area (TPSA) is 12.0 Å². The van der Waals surface area contributed by atoms with Gasteiger partial charge in [0, 0.05) is 17.1 Å². The van der Waals surface area contributed by atoms with Crippen LogP contribution in [0.15, 0.2) is 71.6 Å². The number of anilines is 1. The Bertz CT molecular complexity index is 716. The van der Waals surface area contributed by atoms with E-state index < -0.39 is 0 Å². The van der Waals surface area contributed by atoms with Gasteiger partial charge in [-0.2, -0.15) is 0 Å². The Kier molecular flexibility index (Phi) is 3.93. The van der Waals surface area contributed by atoms with Crippen molar-refractivity contribution in [3.05, 3.63) is 72.3 Å². The Morgan fingerprint density at radius 3 is 2.50 bits per heavy atom. The molecule has 0 radical (unpaired) electrons. The maximum absolute atomic E-state index is 3.55. The van der Waals surface area contributed by atoms with Crippen LogP contribution in [-0.4, -0.2) is 6.26 Å². The molecule has 0 heterocycles. The second-order valence-electron chi connectivity index (χ2n) is 4.69. The lowest BCUT2D eigenvalue weighted by molar-refractivity contribution is 1.15. The second-order valence-corrected chi connectivity index (χ2v) is 5.54. The predicted octanol–water partition coefficient (Wildman–Crippen LogP) is 5.17. The molecule has 3 aromatic rings. The van der Waals surface area contributed by atoms with Gasteiger partial charge < -0.3 is 5.32 Å². The van der Waals surface area contributed by atoms with E-state index in [9.17, 15) is 0 Å². The normalized spacial score (nSPS) is 10.7. The Balaban J connectivity index is 1.87. The lowest BCUT2D eigenvalue weighted by Crippen LogP contribution is -2.01. The fourth-order valence-electron chi connectivity index (χ4n) is 2.43. The molecule has 100 valence electrons. The predicted molar refractivity (Wildman–Crippen MR) is 89.5 cm³/mol. The summed E-state index contributed by atoms with van der Waals surface area (Å²) in [6.07, 6.45) is 2.11. The van der Waals surface area contributed by atoms with Crippen LogP contribution in [0, 0.1) is 0 Å². The van der Waals surface area contributed by atoms with Gasteiger partial charge in [0.2, 0.25) is 0 Å². The van der Waals surface area contributed by atoms with Gasteiger partial charge in [-0.3, -0.25) is 0 Å². The smallest absolute Gasteiger partial charge is 0.0480 e. The fraction of sp³-hybridized carbons (Fsp3) is 0.111.